The van der Waals surface area contributed by atoms with Gasteiger partial charge in [0.2, 0.25) is 0 Å². The Morgan fingerprint density at radius 2 is 1.68 bits per heavy atom. The normalized spacial score (nSPS) is 10.0. The van der Waals surface area contributed by atoms with Crippen molar-refractivity contribution in [2.24, 2.45) is 0 Å². The maximum absolute atomic E-state index is 13.6. The summed E-state index contributed by atoms with van der Waals surface area (Å²) in [4.78, 5) is 0. The fraction of sp³-hybridized carbons (Fsp3) is 0. The third-order valence-electron chi connectivity index (χ3n) is 2.45. The van der Waals surface area contributed by atoms with Crippen LogP contribution in [0.3, 0.4) is 0 Å². The lowest BCUT2D eigenvalue weighted by atomic mass is 10.1. The number of benzene rings is 2. The highest BCUT2D eigenvalue weighted by Crippen LogP contribution is 2.28. The first-order valence-corrected chi connectivity index (χ1v) is 5.23. The number of halogens is 3. The van der Waals surface area contributed by atoms with Crippen molar-refractivity contribution in [2.75, 3.05) is 11.1 Å². The van der Waals surface area contributed by atoms with Crippen LogP contribution in [0.5, 0.6) is 0 Å². The molecule has 3 nitrogen and oxygen atoms in total. The molecule has 0 fully saturated rings. The molecule has 0 atom stereocenters. The number of nitrogens with one attached hydrogen (secondary N) is 1. The van der Waals surface area contributed by atoms with E-state index in [9.17, 15) is 13.2 Å². The zero-order chi connectivity index (χ0) is 14.0. The van der Waals surface area contributed by atoms with Crippen LogP contribution in [0.1, 0.15) is 5.56 Å². The molecule has 2 rings (SSSR count). The molecular weight excluding hydrogens is 255 g/mol. The van der Waals surface area contributed by atoms with Crippen LogP contribution in [-0.4, -0.2) is 0 Å². The molecule has 0 heterocycles. The average Bonchev–Trinajstić information content (AvgIpc) is 2.34. The number of nitrogens with two attached hydrogens (primary N) is 1. The monoisotopic (exact) mass is 263 g/mol. The zero-order valence-electron chi connectivity index (χ0n) is 9.55. The second kappa shape index (κ2) is 4.90. The molecule has 6 heteroatoms. The third kappa shape index (κ3) is 2.45. The van der Waals surface area contributed by atoms with Crippen molar-refractivity contribution < 1.29 is 13.2 Å². The number of rotatable bonds is 2. The fourth-order valence-corrected chi connectivity index (χ4v) is 1.59. The molecular formula is C13H8F3N3. The maximum Gasteiger partial charge on any atom is 0.151 e. The smallest absolute Gasteiger partial charge is 0.151 e. The van der Waals surface area contributed by atoms with Gasteiger partial charge in [0.25, 0.3) is 0 Å². The van der Waals surface area contributed by atoms with Crippen LogP contribution in [0.15, 0.2) is 30.3 Å². The molecule has 0 amide bonds. The topological polar surface area (TPSA) is 61.8 Å². The third-order valence-corrected chi connectivity index (χ3v) is 2.45. The Morgan fingerprint density at radius 1 is 1.05 bits per heavy atom. The molecule has 0 unspecified atom stereocenters. The quantitative estimate of drug-likeness (QED) is 0.817. The summed E-state index contributed by atoms with van der Waals surface area (Å²) >= 11 is 0. The van der Waals surface area contributed by atoms with Crippen molar-refractivity contribution in [3.63, 3.8) is 0 Å². The van der Waals surface area contributed by atoms with Crippen LogP contribution < -0.4 is 11.1 Å². The second-order valence-corrected chi connectivity index (χ2v) is 3.76. The van der Waals surface area contributed by atoms with Gasteiger partial charge < -0.3 is 11.1 Å². The molecule has 96 valence electrons. The van der Waals surface area contributed by atoms with Crippen LogP contribution in [-0.2, 0) is 0 Å². The Morgan fingerprint density at radius 3 is 2.26 bits per heavy atom. The van der Waals surface area contributed by atoms with Gasteiger partial charge in [-0.3, -0.25) is 0 Å². The van der Waals surface area contributed by atoms with Crippen LogP contribution in [0.2, 0.25) is 0 Å². The van der Waals surface area contributed by atoms with E-state index in [1.54, 1.807) is 6.07 Å². The minimum absolute atomic E-state index is 0.0231. The molecule has 0 saturated carbocycles. The van der Waals surface area contributed by atoms with E-state index in [4.69, 9.17) is 11.0 Å². The van der Waals surface area contributed by atoms with Crippen molar-refractivity contribution in [3.8, 4) is 6.07 Å². The van der Waals surface area contributed by atoms with Crippen molar-refractivity contribution >= 4 is 17.1 Å². The first-order chi connectivity index (χ1) is 9.02. The first-order valence-electron chi connectivity index (χ1n) is 5.23. The number of hydrogen-bond acceptors (Lipinski definition) is 3. The predicted octanol–water partition coefficient (Wildman–Crippen LogP) is 3.30. The van der Waals surface area contributed by atoms with E-state index in [1.807, 2.05) is 0 Å². The van der Waals surface area contributed by atoms with Crippen LogP contribution >= 0.6 is 0 Å². The summed E-state index contributed by atoms with van der Waals surface area (Å²) in [7, 11) is 0. The van der Waals surface area contributed by atoms with Crippen LogP contribution in [0.25, 0.3) is 0 Å². The van der Waals surface area contributed by atoms with Gasteiger partial charge in [0.05, 0.1) is 5.69 Å². The van der Waals surface area contributed by atoms with Gasteiger partial charge >= 0.3 is 0 Å². The van der Waals surface area contributed by atoms with E-state index in [0.29, 0.717) is 0 Å². The molecule has 19 heavy (non-hydrogen) atoms. The van der Waals surface area contributed by atoms with E-state index in [1.165, 1.54) is 12.1 Å². The zero-order valence-corrected chi connectivity index (χ0v) is 9.55. The molecule has 2 aromatic carbocycles. The van der Waals surface area contributed by atoms with E-state index in [2.05, 4.69) is 5.32 Å². The van der Waals surface area contributed by atoms with Gasteiger partial charge in [0.15, 0.2) is 11.6 Å². The summed E-state index contributed by atoms with van der Waals surface area (Å²) < 4.78 is 40.5. The number of nitrogens with zero attached hydrogens (tertiary/aromatic N) is 1. The first kappa shape index (κ1) is 12.8. The molecule has 0 aliphatic rings. The largest absolute Gasteiger partial charge is 0.399 e. The van der Waals surface area contributed by atoms with Gasteiger partial charge in [-0.2, -0.15) is 5.26 Å². The van der Waals surface area contributed by atoms with Gasteiger partial charge in [-0.25, -0.2) is 13.2 Å². The molecule has 0 saturated heterocycles. The lowest BCUT2D eigenvalue weighted by Crippen LogP contribution is -2.02. The Balaban J connectivity index is 2.49. The van der Waals surface area contributed by atoms with Crippen LogP contribution in [0, 0.1) is 28.8 Å². The SMILES string of the molecule is N#Cc1c(F)cccc1Nc1c(F)cc(N)cc1F. The average molecular weight is 263 g/mol. The standard InChI is InChI=1S/C13H8F3N3/c14-9-2-1-3-12(8(9)6-17)19-13-10(15)4-7(18)5-11(13)16/h1-5,19H,18H2. The van der Waals surface area contributed by atoms with Crippen molar-refractivity contribution in [3.05, 3.63) is 53.3 Å². The number of nitrogen functional groups attached to an aromatic ring is 1. The summed E-state index contributed by atoms with van der Waals surface area (Å²) in [6.07, 6.45) is 0. The van der Waals surface area contributed by atoms with E-state index in [-0.39, 0.29) is 16.9 Å². The van der Waals surface area contributed by atoms with Crippen molar-refractivity contribution in [1.29, 1.82) is 5.26 Å². The molecule has 0 bridgehead atoms. The van der Waals surface area contributed by atoms with Crippen molar-refractivity contribution in [1.82, 2.24) is 0 Å². The molecule has 2 aromatic rings. The highest BCUT2D eigenvalue weighted by Gasteiger charge is 2.14. The summed E-state index contributed by atoms with van der Waals surface area (Å²) in [5.74, 6) is -2.62. The van der Waals surface area contributed by atoms with Gasteiger partial charge in [-0.05, 0) is 24.3 Å². The maximum atomic E-state index is 13.6. The molecule has 0 spiro atoms. The highest BCUT2D eigenvalue weighted by atomic mass is 19.1. The number of hydrogen-bond donors (Lipinski definition) is 2. The Kier molecular flexibility index (Phi) is 3.29. The lowest BCUT2D eigenvalue weighted by Gasteiger charge is -2.11. The van der Waals surface area contributed by atoms with Gasteiger partial charge in [-0.1, -0.05) is 6.07 Å². The minimum Gasteiger partial charge on any atom is -0.399 e. The van der Waals surface area contributed by atoms with Gasteiger partial charge in [0, 0.05) is 5.69 Å². The summed E-state index contributed by atoms with van der Waals surface area (Å²) in [5.41, 5.74) is 4.38. The van der Waals surface area contributed by atoms with Gasteiger partial charge in [-0.15, -0.1) is 0 Å². The summed E-state index contributed by atoms with van der Waals surface area (Å²) in [6, 6.07) is 7.23. The second-order valence-electron chi connectivity index (χ2n) is 3.76. The van der Waals surface area contributed by atoms with Gasteiger partial charge in [0.1, 0.15) is 23.1 Å². The van der Waals surface area contributed by atoms with Crippen LogP contribution in [0.4, 0.5) is 30.2 Å². The van der Waals surface area contributed by atoms with E-state index in [0.717, 1.165) is 18.2 Å². The Bertz CT molecular complexity index is 654. The highest BCUT2D eigenvalue weighted by molar-refractivity contribution is 5.68. The molecule has 0 aliphatic carbocycles. The van der Waals surface area contributed by atoms with Crippen molar-refractivity contribution in [2.45, 2.75) is 0 Å². The molecule has 0 radical (unpaired) electrons. The molecule has 0 aromatic heterocycles. The Labute approximate surface area is 107 Å². The lowest BCUT2D eigenvalue weighted by molar-refractivity contribution is 0.591. The van der Waals surface area contributed by atoms with E-state index < -0.39 is 23.1 Å². The Hall–Kier alpha value is -2.68. The summed E-state index contributed by atoms with van der Waals surface area (Å²) in [6.45, 7) is 0. The minimum atomic E-state index is -0.925. The fourth-order valence-electron chi connectivity index (χ4n) is 1.59. The number of nitriles is 1. The van der Waals surface area contributed by atoms with E-state index >= 15 is 0 Å². The summed E-state index contributed by atoms with van der Waals surface area (Å²) in [5, 5.41) is 11.2. The number of anilines is 3. The molecule has 0 aliphatic heterocycles. The predicted molar refractivity (Wildman–Crippen MR) is 65.2 cm³/mol. The molecule has 3 N–H and O–H groups in total.